The Morgan fingerprint density at radius 2 is 2.03 bits per heavy atom. The minimum absolute atomic E-state index is 0.0649. The van der Waals surface area contributed by atoms with Crippen molar-refractivity contribution in [2.75, 3.05) is 24.6 Å². The Kier molecular flexibility index (Phi) is 5.27. The predicted molar refractivity (Wildman–Crippen MR) is 116 cm³/mol. The van der Waals surface area contributed by atoms with Gasteiger partial charge in [-0.3, -0.25) is 0 Å². The zero-order valence-electron chi connectivity index (χ0n) is 16.3. The highest BCUT2D eigenvalue weighted by molar-refractivity contribution is 7.99. The summed E-state index contributed by atoms with van der Waals surface area (Å²) in [6, 6.07) is 1.90. The van der Waals surface area contributed by atoms with Gasteiger partial charge in [-0.2, -0.15) is 0 Å². The molecule has 158 valence electrons. The number of fused-ring (bicyclic) bond motifs is 1. The summed E-state index contributed by atoms with van der Waals surface area (Å²) in [5.41, 5.74) is 7.24. The van der Waals surface area contributed by atoms with E-state index in [2.05, 4.69) is 27.0 Å². The Balaban J connectivity index is 1.40. The molecule has 0 aliphatic carbocycles. The number of ether oxygens (including phenoxy) is 1. The maximum absolute atomic E-state index is 6.45. The quantitative estimate of drug-likeness (QED) is 0.588. The van der Waals surface area contributed by atoms with E-state index in [1.54, 1.807) is 12.5 Å². The van der Waals surface area contributed by atoms with Crippen molar-refractivity contribution >= 4 is 46.6 Å². The van der Waals surface area contributed by atoms with Gasteiger partial charge in [0.2, 0.25) is 5.95 Å². The number of pyridine rings is 1. The van der Waals surface area contributed by atoms with Crippen LogP contribution in [0.5, 0.6) is 0 Å². The zero-order valence-corrected chi connectivity index (χ0v) is 18.7. The molecule has 0 bridgehead atoms. The van der Waals surface area contributed by atoms with Crippen molar-refractivity contribution in [2.45, 2.75) is 41.7 Å². The molecule has 0 aromatic carbocycles. The molecule has 0 unspecified atom stereocenters. The van der Waals surface area contributed by atoms with Crippen LogP contribution >= 0.6 is 35.0 Å². The van der Waals surface area contributed by atoms with Gasteiger partial charge in [0.05, 0.1) is 22.6 Å². The van der Waals surface area contributed by atoms with Crippen molar-refractivity contribution in [3.8, 4) is 0 Å². The lowest BCUT2D eigenvalue weighted by Gasteiger charge is -2.41. The predicted octanol–water partition coefficient (Wildman–Crippen LogP) is 3.31. The van der Waals surface area contributed by atoms with Gasteiger partial charge in [-0.05, 0) is 25.8 Å². The molecule has 0 radical (unpaired) electrons. The summed E-state index contributed by atoms with van der Waals surface area (Å²) in [7, 11) is 0. The molecule has 1 spiro atoms. The summed E-state index contributed by atoms with van der Waals surface area (Å²) in [6.07, 6.45) is 7.20. The van der Waals surface area contributed by atoms with E-state index in [9.17, 15) is 0 Å². The Labute approximate surface area is 188 Å². The van der Waals surface area contributed by atoms with E-state index in [4.69, 9.17) is 38.7 Å². The van der Waals surface area contributed by atoms with Crippen LogP contribution in [-0.2, 0) is 4.74 Å². The molecule has 5 rings (SSSR count). The summed E-state index contributed by atoms with van der Waals surface area (Å²) < 4.78 is 7.76. The molecular weight excluding hydrogens is 445 g/mol. The number of halogens is 2. The second kappa shape index (κ2) is 7.80. The standard InChI is InChI=1S/C19H21Cl2N7OS/c1-11-15(22)19(9-29-11)3-6-27(7-4-19)18-24-8-13(17-26-25-10-28(17)18)30-12-2-5-23-16(21)14(12)20/h2,5,8,10-11,15H,3-4,6-7,9,22H2,1H3/t11-,15+/m0/s1. The van der Waals surface area contributed by atoms with Gasteiger partial charge in [0.25, 0.3) is 0 Å². The van der Waals surface area contributed by atoms with Gasteiger partial charge in [-0.25, -0.2) is 14.4 Å². The maximum Gasteiger partial charge on any atom is 0.212 e. The van der Waals surface area contributed by atoms with E-state index in [-0.39, 0.29) is 22.7 Å². The molecule has 3 aromatic rings. The lowest BCUT2D eigenvalue weighted by molar-refractivity contribution is 0.0973. The van der Waals surface area contributed by atoms with Crippen LogP contribution in [0.1, 0.15) is 19.8 Å². The largest absolute Gasteiger partial charge is 0.376 e. The number of piperidine rings is 1. The summed E-state index contributed by atoms with van der Waals surface area (Å²) in [5.74, 6) is 0.827. The van der Waals surface area contributed by atoms with Crippen molar-refractivity contribution in [3.05, 3.63) is 35.0 Å². The van der Waals surface area contributed by atoms with Gasteiger partial charge in [0.1, 0.15) is 11.5 Å². The van der Waals surface area contributed by atoms with Gasteiger partial charge in [0.15, 0.2) is 5.65 Å². The summed E-state index contributed by atoms with van der Waals surface area (Å²) >= 11 is 13.8. The Morgan fingerprint density at radius 3 is 2.77 bits per heavy atom. The number of aromatic nitrogens is 5. The summed E-state index contributed by atoms with van der Waals surface area (Å²) in [5, 5.41) is 9.11. The third-order valence-corrected chi connectivity index (χ3v) is 8.15. The first-order chi connectivity index (χ1) is 14.5. The van der Waals surface area contributed by atoms with Crippen molar-refractivity contribution in [1.29, 1.82) is 0 Å². The van der Waals surface area contributed by atoms with Crippen LogP contribution in [-0.4, -0.2) is 56.4 Å². The molecule has 2 N–H and O–H groups in total. The monoisotopic (exact) mass is 465 g/mol. The van der Waals surface area contributed by atoms with E-state index in [1.165, 1.54) is 11.8 Å². The molecule has 2 fully saturated rings. The van der Waals surface area contributed by atoms with Crippen LogP contribution in [0, 0.1) is 5.41 Å². The lowest BCUT2D eigenvalue weighted by atomic mass is 9.73. The third-order valence-electron chi connectivity index (χ3n) is 6.20. The topological polar surface area (TPSA) is 94.5 Å². The fraction of sp³-hybridized carbons (Fsp3) is 0.474. The number of hydrogen-bond acceptors (Lipinski definition) is 8. The van der Waals surface area contributed by atoms with E-state index in [0.29, 0.717) is 5.02 Å². The molecule has 2 aliphatic rings. The highest BCUT2D eigenvalue weighted by Gasteiger charge is 2.47. The fourth-order valence-electron chi connectivity index (χ4n) is 4.32. The van der Waals surface area contributed by atoms with Gasteiger partial charge < -0.3 is 15.4 Å². The molecule has 0 amide bonds. The average molecular weight is 466 g/mol. The molecule has 0 saturated carbocycles. The van der Waals surface area contributed by atoms with Crippen LogP contribution in [0.4, 0.5) is 5.95 Å². The molecule has 30 heavy (non-hydrogen) atoms. The second-order valence-electron chi connectivity index (χ2n) is 7.85. The first-order valence-electron chi connectivity index (χ1n) is 9.77. The second-order valence-corrected chi connectivity index (χ2v) is 9.67. The molecule has 2 saturated heterocycles. The highest BCUT2D eigenvalue weighted by Crippen LogP contribution is 2.42. The molecule has 2 aliphatic heterocycles. The SMILES string of the molecule is C[C@@H]1OCC2(CCN(c3ncc(Sc4ccnc(Cl)c4Cl)c4nncn34)CC2)[C@@H]1N. The number of rotatable bonds is 3. The van der Waals surface area contributed by atoms with Crippen molar-refractivity contribution < 1.29 is 4.74 Å². The van der Waals surface area contributed by atoms with Crippen LogP contribution in [0.25, 0.3) is 5.65 Å². The first kappa shape index (κ1) is 20.3. The molecule has 3 aromatic heterocycles. The minimum Gasteiger partial charge on any atom is -0.376 e. The fourth-order valence-corrected chi connectivity index (χ4v) is 5.65. The number of nitrogens with zero attached hydrogens (tertiary/aromatic N) is 6. The van der Waals surface area contributed by atoms with Gasteiger partial charge in [-0.1, -0.05) is 35.0 Å². The van der Waals surface area contributed by atoms with Crippen molar-refractivity contribution in [1.82, 2.24) is 24.6 Å². The third kappa shape index (κ3) is 3.33. The Morgan fingerprint density at radius 1 is 1.23 bits per heavy atom. The lowest BCUT2D eigenvalue weighted by Crippen LogP contribution is -2.51. The van der Waals surface area contributed by atoms with Gasteiger partial charge in [-0.15, -0.1) is 10.2 Å². The van der Waals surface area contributed by atoms with Gasteiger partial charge >= 0.3 is 0 Å². The Bertz CT molecular complexity index is 1090. The van der Waals surface area contributed by atoms with Gasteiger partial charge in [0, 0.05) is 41.8 Å². The number of nitrogens with two attached hydrogens (primary N) is 1. The molecule has 11 heteroatoms. The average Bonchev–Trinajstić information content (AvgIpc) is 3.35. The van der Waals surface area contributed by atoms with E-state index in [0.717, 1.165) is 53.9 Å². The van der Waals surface area contributed by atoms with E-state index >= 15 is 0 Å². The van der Waals surface area contributed by atoms with Crippen molar-refractivity contribution in [2.24, 2.45) is 11.1 Å². The van der Waals surface area contributed by atoms with Crippen LogP contribution in [0.3, 0.4) is 0 Å². The molecule has 2 atom stereocenters. The smallest absolute Gasteiger partial charge is 0.212 e. The van der Waals surface area contributed by atoms with Crippen molar-refractivity contribution in [3.63, 3.8) is 0 Å². The number of anilines is 1. The maximum atomic E-state index is 6.45. The molecule has 8 nitrogen and oxygen atoms in total. The van der Waals surface area contributed by atoms with Crippen LogP contribution in [0.15, 0.2) is 34.6 Å². The molecular formula is C19H21Cl2N7OS. The minimum atomic E-state index is 0.0649. The summed E-state index contributed by atoms with van der Waals surface area (Å²) in [4.78, 5) is 12.6. The van der Waals surface area contributed by atoms with Crippen LogP contribution < -0.4 is 10.6 Å². The summed E-state index contributed by atoms with van der Waals surface area (Å²) in [6.45, 7) is 4.53. The normalized spacial score (nSPS) is 23.5. The van der Waals surface area contributed by atoms with E-state index in [1.807, 2.05) is 16.7 Å². The molecule has 5 heterocycles. The highest BCUT2D eigenvalue weighted by atomic mass is 35.5. The Hall–Kier alpha value is -1.65. The van der Waals surface area contributed by atoms with Crippen LogP contribution in [0.2, 0.25) is 10.2 Å². The number of hydrogen-bond donors (Lipinski definition) is 1. The van der Waals surface area contributed by atoms with E-state index < -0.39 is 0 Å². The zero-order chi connectivity index (χ0) is 20.9. The first-order valence-corrected chi connectivity index (χ1v) is 11.3.